The van der Waals surface area contributed by atoms with Crippen molar-refractivity contribution in [2.45, 2.75) is 217 Å². The molecule has 0 saturated carbocycles. The molecular formula is C65H96N12O8. The van der Waals surface area contributed by atoms with E-state index in [1.165, 1.54) is 52.1 Å². The minimum Gasteiger partial charge on any atom is -0.462 e. The van der Waals surface area contributed by atoms with E-state index in [2.05, 4.69) is 78.9 Å². The number of benzene rings is 2. The molecule has 0 aliphatic rings. The Bertz CT molecular complexity index is 3010. The van der Waals surface area contributed by atoms with Gasteiger partial charge in [0, 0.05) is 16.9 Å². The first-order chi connectivity index (χ1) is 40.5. The Labute approximate surface area is 504 Å². The van der Waals surface area contributed by atoms with E-state index < -0.39 is 34.7 Å². The van der Waals surface area contributed by atoms with Gasteiger partial charge in [-0.2, -0.15) is 29.8 Å². The van der Waals surface area contributed by atoms with E-state index in [0.717, 1.165) is 89.9 Å². The fraction of sp³-hybridized carbons (Fsp3) is 0.600. The number of nitrogens with two attached hydrogens (primary N) is 2. The van der Waals surface area contributed by atoms with E-state index in [1.807, 2.05) is 48.5 Å². The van der Waals surface area contributed by atoms with Crippen molar-refractivity contribution in [1.29, 1.82) is 0 Å². The number of rotatable bonds is 33. The molecule has 3 aromatic heterocycles. The van der Waals surface area contributed by atoms with Gasteiger partial charge in [-0.15, -0.1) is 10.2 Å². The van der Waals surface area contributed by atoms with Gasteiger partial charge in [0.15, 0.2) is 34.6 Å². The molecule has 0 fully saturated rings. The van der Waals surface area contributed by atoms with E-state index in [-0.39, 0.29) is 112 Å². The number of unbranched alkanes of at least 4 members (excludes halogenated alkanes) is 4. The number of carbonyl (C=O) groups excluding carboxylic acids is 4. The van der Waals surface area contributed by atoms with Gasteiger partial charge in [0.05, 0.1) is 64.8 Å². The summed E-state index contributed by atoms with van der Waals surface area (Å²) in [6.45, 7) is 29.2. The van der Waals surface area contributed by atoms with Crippen molar-refractivity contribution >= 4 is 58.3 Å². The van der Waals surface area contributed by atoms with E-state index in [1.54, 1.807) is 6.07 Å². The SMILES string of the molecule is CCCCC(CC)COC(=O)c1cc(/N=N/c2c(C(C)(C)C)nn(-c3cc(-n4nc(C(C)(C)C)c(/N=N/c5cc(C(=O)OCC(CC)CCCC)cc(C(=O)OC(CC)CCCC)c5)c4N)ncn3)c2N)cc(C(=O)OCC(CC)CCCC)c1. The molecule has 85 heavy (non-hydrogen) atoms. The summed E-state index contributed by atoms with van der Waals surface area (Å²) in [6.07, 6.45) is 15.8. The topological polar surface area (TPSA) is 268 Å². The second-order valence-electron chi connectivity index (χ2n) is 24.3. The number of azo groups is 2. The average molecular weight is 1170 g/mol. The Balaban J connectivity index is 1.55. The van der Waals surface area contributed by atoms with Crippen LogP contribution in [0.1, 0.15) is 252 Å². The lowest BCUT2D eigenvalue weighted by Crippen LogP contribution is -2.18. The highest BCUT2D eigenvalue weighted by atomic mass is 16.5. The third kappa shape index (κ3) is 19.6. The second-order valence-corrected chi connectivity index (χ2v) is 24.3. The van der Waals surface area contributed by atoms with Crippen LogP contribution in [0.4, 0.5) is 34.4 Å². The summed E-state index contributed by atoms with van der Waals surface area (Å²) in [5.41, 5.74) is 15.0. The molecule has 4 N–H and O–H groups in total. The number of hydrogen-bond acceptors (Lipinski definition) is 18. The van der Waals surface area contributed by atoms with Crippen LogP contribution in [0.25, 0.3) is 11.6 Å². The maximum Gasteiger partial charge on any atom is 0.338 e. The zero-order chi connectivity index (χ0) is 62.4. The number of nitrogen functional groups attached to an aromatic ring is 2. The van der Waals surface area contributed by atoms with Gasteiger partial charge in [-0.3, -0.25) is 0 Å². The summed E-state index contributed by atoms with van der Waals surface area (Å²) < 4.78 is 26.3. The molecule has 4 unspecified atom stereocenters. The van der Waals surface area contributed by atoms with Crippen LogP contribution in [0.15, 0.2) is 69.2 Å². The maximum atomic E-state index is 13.8. The van der Waals surface area contributed by atoms with Gasteiger partial charge in [0.2, 0.25) is 0 Å². The smallest absolute Gasteiger partial charge is 0.338 e. The normalized spacial score (nSPS) is 13.5. The molecule has 0 aliphatic carbocycles. The van der Waals surface area contributed by atoms with Crippen LogP contribution >= 0.6 is 0 Å². The van der Waals surface area contributed by atoms with Crippen LogP contribution in [0.5, 0.6) is 0 Å². The molecule has 464 valence electrons. The largest absolute Gasteiger partial charge is 0.462 e. The van der Waals surface area contributed by atoms with E-state index in [9.17, 15) is 19.2 Å². The highest BCUT2D eigenvalue weighted by Crippen LogP contribution is 2.40. The monoisotopic (exact) mass is 1170 g/mol. The van der Waals surface area contributed by atoms with Crippen molar-refractivity contribution in [2.24, 2.45) is 38.2 Å². The number of anilines is 2. The van der Waals surface area contributed by atoms with Crippen molar-refractivity contribution in [1.82, 2.24) is 29.5 Å². The van der Waals surface area contributed by atoms with Crippen molar-refractivity contribution < 1.29 is 38.1 Å². The summed E-state index contributed by atoms with van der Waals surface area (Å²) in [7, 11) is 0. The minimum absolute atomic E-state index is 0.0870. The maximum absolute atomic E-state index is 13.8. The fourth-order valence-electron chi connectivity index (χ4n) is 9.52. The highest BCUT2D eigenvalue weighted by molar-refractivity contribution is 5.98. The van der Waals surface area contributed by atoms with Crippen LogP contribution in [0.2, 0.25) is 0 Å². The number of carbonyl (C=O) groups is 4. The zero-order valence-corrected chi connectivity index (χ0v) is 53.3. The third-order valence-electron chi connectivity index (χ3n) is 15.2. The molecule has 20 nitrogen and oxygen atoms in total. The van der Waals surface area contributed by atoms with E-state index in [0.29, 0.717) is 24.2 Å². The molecule has 2 aromatic carbocycles. The third-order valence-corrected chi connectivity index (χ3v) is 15.2. The van der Waals surface area contributed by atoms with Crippen LogP contribution in [-0.4, -0.2) is 79.3 Å². The van der Waals surface area contributed by atoms with Crippen molar-refractivity contribution in [3.8, 4) is 11.6 Å². The van der Waals surface area contributed by atoms with E-state index in [4.69, 9.17) is 40.6 Å². The zero-order valence-electron chi connectivity index (χ0n) is 53.3. The highest BCUT2D eigenvalue weighted by Gasteiger charge is 2.31. The van der Waals surface area contributed by atoms with Gasteiger partial charge in [0.25, 0.3) is 0 Å². The summed E-state index contributed by atoms with van der Waals surface area (Å²) >= 11 is 0. The molecule has 0 aliphatic heterocycles. The lowest BCUT2D eigenvalue weighted by molar-refractivity contribution is 0.0267. The first kappa shape index (κ1) is 68.4. The summed E-state index contributed by atoms with van der Waals surface area (Å²) in [5, 5.41) is 28.3. The van der Waals surface area contributed by atoms with Crippen LogP contribution in [-0.2, 0) is 29.8 Å². The van der Waals surface area contributed by atoms with Gasteiger partial charge in [0.1, 0.15) is 12.4 Å². The summed E-state index contributed by atoms with van der Waals surface area (Å²) in [5.74, 6) is -1.07. The Morgan fingerprint density at radius 3 is 1.13 bits per heavy atom. The second kappa shape index (κ2) is 32.8. The molecule has 0 radical (unpaired) electrons. The average Bonchev–Trinajstić information content (AvgIpc) is 4.27. The molecular weight excluding hydrogens is 1080 g/mol. The summed E-state index contributed by atoms with van der Waals surface area (Å²) in [6, 6.07) is 10.7. The molecule has 0 bridgehead atoms. The molecule has 0 spiro atoms. The van der Waals surface area contributed by atoms with Crippen LogP contribution < -0.4 is 11.5 Å². The van der Waals surface area contributed by atoms with Crippen molar-refractivity contribution in [3.05, 3.63) is 82.4 Å². The van der Waals surface area contributed by atoms with Gasteiger partial charge >= 0.3 is 23.9 Å². The molecule has 0 saturated heterocycles. The minimum atomic E-state index is -0.626. The fourth-order valence-corrected chi connectivity index (χ4v) is 9.52. The quantitative estimate of drug-likeness (QED) is 0.0225. The number of ether oxygens (including phenoxy) is 4. The van der Waals surface area contributed by atoms with Crippen LogP contribution in [0, 0.1) is 17.8 Å². The predicted octanol–water partition coefficient (Wildman–Crippen LogP) is 16.7. The van der Waals surface area contributed by atoms with Gasteiger partial charge < -0.3 is 30.4 Å². The number of aromatic nitrogens is 6. The molecule has 20 heteroatoms. The standard InChI is InChI=1S/C65H96N12O8/c1-15-23-27-42(19-5)38-82-60(78)45-31-46(61(79)83-39-43(20-6)28-24-16-2)34-49(33-45)70-72-54-56(64(9,10)11)74-76(58(54)66)52-37-53(69-41-68-52)77-59(67)55(57(75-77)65(12,13)14)73-71-50-35-47(62(80)84-40-44(21-7)29-25-17-3)32-48(36-50)63(81)85-51(22-8)30-26-18-4/h31-37,41-44,51H,15-30,38-40,66-67H2,1-14H3/b72-70+,73-71+. The molecule has 5 aromatic rings. The van der Waals surface area contributed by atoms with Gasteiger partial charge in [-0.1, -0.05) is 168 Å². The number of nitrogens with zero attached hydrogens (tertiary/aromatic N) is 10. The lowest BCUT2D eigenvalue weighted by atomic mass is 9.91. The predicted molar refractivity (Wildman–Crippen MR) is 334 cm³/mol. The van der Waals surface area contributed by atoms with Crippen molar-refractivity contribution in [3.63, 3.8) is 0 Å². The molecule has 4 atom stereocenters. The summed E-state index contributed by atoms with van der Waals surface area (Å²) in [4.78, 5) is 64.0. The van der Waals surface area contributed by atoms with Crippen LogP contribution in [0.3, 0.4) is 0 Å². The van der Waals surface area contributed by atoms with Crippen molar-refractivity contribution in [2.75, 3.05) is 31.3 Å². The molecule has 5 rings (SSSR count). The molecule has 0 amide bonds. The Kier molecular flexibility index (Phi) is 26.4. The Morgan fingerprint density at radius 2 is 0.812 bits per heavy atom. The molecule has 3 heterocycles. The number of hydrogen-bond donors (Lipinski definition) is 2. The van der Waals surface area contributed by atoms with Gasteiger partial charge in [-0.05, 0) is 86.3 Å². The Hall–Kier alpha value is -7.38. The lowest BCUT2D eigenvalue weighted by Gasteiger charge is -2.17. The first-order valence-corrected chi connectivity index (χ1v) is 31.0. The van der Waals surface area contributed by atoms with Gasteiger partial charge in [-0.25, -0.2) is 29.1 Å². The first-order valence-electron chi connectivity index (χ1n) is 31.0. The Morgan fingerprint density at radius 1 is 0.471 bits per heavy atom. The van der Waals surface area contributed by atoms with E-state index >= 15 is 0 Å². The number of esters is 4.